The lowest BCUT2D eigenvalue weighted by molar-refractivity contribution is 0.0691. The van der Waals surface area contributed by atoms with E-state index in [2.05, 4.69) is 20.3 Å². The Hall–Kier alpha value is -4.17. The molecule has 0 saturated carbocycles. The van der Waals surface area contributed by atoms with Crippen molar-refractivity contribution in [1.82, 2.24) is 15.0 Å². The van der Waals surface area contributed by atoms with Gasteiger partial charge in [-0.05, 0) is 55.8 Å². The number of rotatable bonds is 5. The molecule has 5 rings (SSSR count). The van der Waals surface area contributed by atoms with Gasteiger partial charge in [0.05, 0.1) is 17.1 Å². The normalized spacial score (nSPS) is 12.2. The Kier molecular flexibility index (Phi) is 5.30. The molecular formula is C25H19ClN4O4. The first-order chi connectivity index (χ1) is 16.3. The van der Waals surface area contributed by atoms with Crippen LogP contribution in [0, 0.1) is 6.92 Å². The van der Waals surface area contributed by atoms with Crippen LogP contribution in [0.25, 0.3) is 33.5 Å². The summed E-state index contributed by atoms with van der Waals surface area (Å²) in [7, 11) is 0. The number of carboxylic acid groups (broad SMARTS) is 1. The zero-order chi connectivity index (χ0) is 24.0. The van der Waals surface area contributed by atoms with Crippen molar-refractivity contribution >= 4 is 45.3 Å². The molecule has 0 spiro atoms. The van der Waals surface area contributed by atoms with Crippen molar-refractivity contribution in [2.75, 3.05) is 5.32 Å². The summed E-state index contributed by atoms with van der Waals surface area (Å²) >= 11 is 5.88. The van der Waals surface area contributed by atoms with Crippen molar-refractivity contribution in [3.05, 3.63) is 86.9 Å². The van der Waals surface area contributed by atoms with Gasteiger partial charge in [0, 0.05) is 23.2 Å². The molecule has 0 aliphatic heterocycles. The highest BCUT2D eigenvalue weighted by molar-refractivity contribution is 6.29. The quantitative estimate of drug-likeness (QED) is 0.285. The number of aromatic carboxylic acids is 1. The van der Waals surface area contributed by atoms with Gasteiger partial charge in [0.15, 0.2) is 16.9 Å². The second-order valence-corrected chi connectivity index (χ2v) is 8.41. The number of anilines is 1. The summed E-state index contributed by atoms with van der Waals surface area (Å²) in [6.07, 6.45) is 1.79. The first-order valence-corrected chi connectivity index (χ1v) is 10.9. The lowest BCUT2D eigenvalue weighted by Crippen LogP contribution is -2.13. The number of carboxylic acids is 1. The zero-order valence-electron chi connectivity index (χ0n) is 18.2. The van der Waals surface area contributed by atoms with Crippen molar-refractivity contribution in [3.63, 3.8) is 0 Å². The van der Waals surface area contributed by atoms with E-state index in [1.165, 1.54) is 12.1 Å². The Balaban J connectivity index is 1.63. The fourth-order valence-corrected chi connectivity index (χ4v) is 4.12. The molecule has 9 heteroatoms. The summed E-state index contributed by atoms with van der Waals surface area (Å²) in [4.78, 5) is 36.2. The van der Waals surface area contributed by atoms with Gasteiger partial charge in [-0.25, -0.2) is 14.8 Å². The molecule has 34 heavy (non-hydrogen) atoms. The van der Waals surface area contributed by atoms with Crippen LogP contribution in [0.2, 0.25) is 5.15 Å². The van der Waals surface area contributed by atoms with Gasteiger partial charge < -0.3 is 19.8 Å². The maximum Gasteiger partial charge on any atom is 0.356 e. The highest BCUT2D eigenvalue weighted by Crippen LogP contribution is 2.31. The third-order valence-electron chi connectivity index (χ3n) is 5.57. The minimum absolute atomic E-state index is 0.0822. The number of pyridine rings is 2. The summed E-state index contributed by atoms with van der Waals surface area (Å²) in [5.41, 5.74) is 3.10. The van der Waals surface area contributed by atoms with E-state index in [9.17, 15) is 14.7 Å². The molecule has 3 N–H and O–H groups in total. The number of aryl methyl sites for hydroxylation is 1. The molecule has 170 valence electrons. The molecule has 5 aromatic rings. The van der Waals surface area contributed by atoms with Crippen molar-refractivity contribution in [3.8, 4) is 11.5 Å². The Labute approximate surface area is 198 Å². The van der Waals surface area contributed by atoms with E-state index in [1.54, 1.807) is 24.4 Å². The average Bonchev–Trinajstić information content (AvgIpc) is 3.28. The largest absolute Gasteiger partial charge is 0.476 e. The number of carbonyl (C=O) groups is 1. The number of hydrogen-bond donors (Lipinski definition) is 3. The summed E-state index contributed by atoms with van der Waals surface area (Å²) < 4.78 is 6.23. The minimum Gasteiger partial charge on any atom is -0.476 e. The molecule has 4 aromatic heterocycles. The molecule has 0 radical (unpaired) electrons. The van der Waals surface area contributed by atoms with E-state index in [0.29, 0.717) is 39.3 Å². The molecule has 0 aliphatic rings. The predicted molar refractivity (Wildman–Crippen MR) is 131 cm³/mol. The standard InChI is InChI=1S/C25H19ClN4O4/c1-12-9-15(13(2)28-18-5-6-21(26)30-22(18)25(32)33)23-16(10-12)19(31)11-20(34-23)17-4-3-14-7-8-27-24(14)29-17/h3-11,13,28H,1-2H3,(H,27,29)(H,32,33). The van der Waals surface area contributed by atoms with Gasteiger partial charge in [-0.1, -0.05) is 17.7 Å². The van der Waals surface area contributed by atoms with E-state index in [1.807, 2.05) is 32.0 Å². The average molecular weight is 475 g/mol. The first kappa shape index (κ1) is 21.7. The Morgan fingerprint density at radius 1 is 1.15 bits per heavy atom. The summed E-state index contributed by atoms with van der Waals surface area (Å²) in [5.74, 6) is -0.864. The third kappa shape index (κ3) is 3.88. The molecule has 0 amide bonds. The van der Waals surface area contributed by atoms with Crippen LogP contribution in [0.5, 0.6) is 0 Å². The number of nitrogens with one attached hydrogen (secondary N) is 2. The fourth-order valence-electron chi connectivity index (χ4n) is 3.98. The lowest BCUT2D eigenvalue weighted by atomic mass is 10.0. The van der Waals surface area contributed by atoms with Crippen LogP contribution in [0.15, 0.2) is 63.9 Å². The van der Waals surface area contributed by atoms with Crippen LogP contribution >= 0.6 is 11.6 Å². The number of nitrogens with zero attached hydrogens (tertiary/aromatic N) is 2. The van der Waals surface area contributed by atoms with Gasteiger partial charge in [0.2, 0.25) is 0 Å². The first-order valence-electron chi connectivity index (χ1n) is 10.5. The number of benzene rings is 1. The molecule has 1 atom stereocenters. The number of fused-ring (bicyclic) bond motifs is 2. The van der Waals surface area contributed by atoms with Gasteiger partial charge in [0.1, 0.15) is 22.1 Å². The molecule has 8 nitrogen and oxygen atoms in total. The van der Waals surface area contributed by atoms with E-state index < -0.39 is 12.0 Å². The molecule has 0 fully saturated rings. The number of H-pyrrole nitrogens is 1. The molecule has 0 bridgehead atoms. The van der Waals surface area contributed by atoms with Gasteiger partial charge in [0.25, 0.3) is 0 Å². The smallest absolute Gasteiger partial charge is 0.356 e. The maximum atomic E-state index is 13.0. The number of aromatic nitrogens is 3. The van der Waals surface area contributed by atoms with Crippen molar-refractivity contribution in [2.24, 2.45) is 0 Å². The molecule has 1 aromatic carbocycles. The summed E-state index contributed by atoms with van der Waals surface area (Å²) in [5, 5.41) is 14.2. The van der Waals surface area contributed by atoms with E-state index in [4.69, 9.17) is 16.0 Å². The maximum absolute atomic E-state index is 13.0. The molecule has 0 aliphatic carbocycles. The predicted octanol–water partition coefficient (Wildman–Crippen LogP) is 5.56. The lowest BCUT2D eigenvalue weighted by Gasteiger charge is -2.19. The second-order valence-electron chi connectivity index (χ2n) is 8.02. The third-order valence-corrected chi connectivity index (χ3v) is 5.78. The van der Waals surface area contributed by atoms with Crippen LogP contribution in [0.3, 0.4) is 0 Å². The van der Waals surface area contributed by atoms with Crippen LogP contribution < -0.4 is 10.7 Å². The number of halogens is 1. The van der Waals surface area contributed by atoms with Crippen molar-refractivity contribution in [1.29, 1.82) is 0 Å². The van der Waals surface area contributed by atoms with Gasteiger partial charge in [-0.3, -0.25) is 4.79 Å². The number of hydrogen-bond acceptors (Lipinski definition) is 6. The molecular weight excluding hydrogens is 456 g/mol. The monoisotopic (exact) mass is 474 g/mol. The molecule has 0 saturated heterocycles. The second kappa shape index (κ2) is 8.31. The van der Waals surface area contributed by atoms with Crippen LogP contribution in [0.4, 0.5) is 5.69 Å². The molecule has 1 unspecified atom stereocenters. The Morgan fingerprint density at radius 2 is 1.97 bits per heavy atom. The highest BCUT2D eigenvalue weighted by atomic mass is 35.5. The van der Waals surface area contributed by atoms with Crippen LogP contribution in [-0.2, 0) is 0 Å². The Bertz CT molecular complexity index is 1640. The fraction of sp³-hybridized carbons (Fsp3) is 0.120. The van der Waals surface area contributed by atoms with E-state index >= 15 is 0 Å². The van der Waals surface area contributed by atoms with Crippen molar-refractivity contribution < 1.29 is 14.3 Å². The van der Waals surface area contributed by atoms with Gasteiger partial charge in [-0.15, -0.1) is 0 Å². The van der Waals surface area contributed by atoms with E-state index in [-0.39, 0.29) is 16.3 Å². The topological polar surface area (TPSA) is 121 Å². The summed E-state index contributed by atoms with van der Waals surface area (Å²) in [6, 6.07) is 13.4. The van der Waals surface area contributed by atoms with Gasteiger partial charge >= 0.3 is 5.97 Å². The minimum atomic E-state index is -1.20. The summed E-state index contributed by atoms with van der Waals surface area (Å²) in [6.45, 7) is 3.74. The number of aromatic amines is 1. The Morgan fingerprint density at radius 3 is 2.76 bits per heavy atom. The SMILES string of the molecule is Cc1cc(C(C)Nc2ccc(Cl)nc2C(=O)O)c2oc(-c3ccc4cc[nH]c4n3)cc(=O)c2c1. The highest BCUT2D eigenvalue weighted by Gasteiger charge is 2.20. The zero-order valence-corrected chi connectivity index (χ0v) is 19.0. The van der Waals surface area contributed by atoms with Crippen LogP contribution in [0.1, 0.15) is 34.6 Å². The van der Waals surface area contributed by atoms with Crippen molar-refractivity contribution in [2.45, 2.75) is 19.9 Å². The molecule has 4 heterocycles. The van der Waals surface area contributed by atoms with E-state index in [0.717, 1.165) is 10.9 Å². The van der Waals surface area contributed by atoms with Crippen LogP contribution in [-0.4, -0.2) is 26.0 Å². The van der Waals surface area contributed by atoms with Gasteiger partial charge in [-0.2, -0.15) is 0 Å².